The molecule has 0 N–H and O–H groups in total. The third-order valence-corrected chi connectivity index (χ3v) is 5.75. The molecule has 3 aromatic rings. The molecule has 4 rings (SSSR count). The van der Waals surface area contributed by atoms with E-state index in [2.05, 4.69) is 10.1 Å². The number of methoxy groups -OCH3 is 1. The molecule has 2 aromatic carbocycles. The molecule has 1 aromatic heterocycles. The highest BCUT2D eigenvalue weighted by molar-refractivity contribution is 5.94. The Hall–Kier alpha value is -3.12. The highest BCUT2D eigenvalue weighted by atomic mass is 16.5. The number of carbonyl (C=O) groups is 1. The molecule has 1 aliphatic heterocycles. The number of carbonyl (C=O) groups excluding carboxylic acids is 1. The van der Waals surface area contributed by atoms with E-state index in [1.165, 1.54) is 12.8 Å². The number of anilines is 1. The van der Waals surface area contributed by atoms with Gasteiger partial charge in [0.2, 0.25) is 11.8 Å². The van der Waals surface area contributed by atoms with E-state index in [0.29, 0.717) is 12.4 Å². The largest absolute Gasteiger partial charge is 0.497 e. The Morgan fingerprint density at radius 1 is 1.13 bits per heavy atom. The van der Waals surface area contributed by atoms with Crippen molar-refractivity contribution in [3.8, 4) is 17.0 Å². The molecule has 1 aliphatic rings. The molecule has 1 saturated heterocycles. The molecule has 1 amide bonds. The summed E-state index contributed by atoms with van der Waals surface area (Å²) in [6.07, 6.45) is 2.41. The van der Waals surface area contributed by atoms with Gasteiger partial charge in [-0.25, -0.2) is 0 Å². The summed E-state index contributed by atoms with van der Waals surface area (Å²) in [4.78, 5) is 17.6. The van der Waals surface area contributed by atoms with Crippen LogP contribution in [0.1, 0.15) is 25.3 Å². The number of amides is 1. The summed E-state index contributed by atoms with van der Waals surface area (Å²) in [5.74, 6) is 1.16. The maximum absolute atomic E-state index is 13.5. The second kappa shape index (κ2) is 9.79. The Morgan fingerprint density at radius 3 is 2.52 bits per heavy atom. The van der Waals surface area contributed by atoms with E-state index < -0.39 is 0 Å². The molecule has 0 bridgehead atoms. The molecule has 1 atom stereocenters. The summed E-state index contributed by atoms with van der Waals surface area (Å²) in [5, 5.41) is 4.22. The second-order valence-corrected chi connectivity index (χ2v) is 8.10. The van der Waals surface area contributed by atoms with Crippen molar-refractivity contribution in [1.82, 2.24) is 10.1 Å². The van der Waals surface area contributed by atoms with E-state index in [0.717, 1.165) is 42.2 Å². The van der Waals surface area contributed by atoms with Crippen molar-refractivity contribution < 1.29 is 14.1 Å². The Bertz CT molecular complexity index is 979. The fraction of sp³-hybridized carbons (Fsp3) is 0.360. The number of benzene rings is 2. The van der Waals surface area contributed by atoms with Crippen LogP contribution in [0.5, 0.6) is 5.75 Å². The number of ether oxygens (including phenoxy) is 1. The standard InChI is InChI=1S/C25H29N3O3/c1-19(17-27-14-6-7-15-27)25(29)28(18-20-10-12-22(30-2)13-11-20)24-16-23(26-31-24)21-8-4-3-5-9-21/h3-5,8-13,16,19H,6-7,14-15,17-18H2,1-2H3. The lowest BCUT2D eigenvalue weighted by molar-refractivity contribution is -0.122. The predicted octanol–water partition coefficient (Wildman–Crippen LogP) is 4.62. The first-order valence-corrected chi connectivity index (χ1v) is 10.8. The van der Waals surface area contributed by atoms with Crippen LogP contribution in [0, 0.1) is 5.92 Å². The first-order valence-electron chi connectivity index (χ1n) is 10.8. The predicted molar refractivity (Wildman–Crippen MR) is 121 cm³/mol. The van der Waals surface area contributed by atoms with Gasteiger partial charge in [-0.05, 0) is 43.6 Å². The number of hydrogen-bond acceptors (Lipinski definition) is 5. The van der Waals surface area contributed by atoms with Crippen LogP contribution < -0.4 is 9.64 Å². The topological polar surface area (TPSA) is 58.8 Å². The van der Waals surface area contributed by atoms with Crippen molar-refractivity contribution in [3.05, 3.63) is 66.2 Å². The third kappa shape index (κ3) is 5.14. The lowest BCUT2D eigenvalue weighted by atomic mass is 10.1. The summed E-state index contributed by atoms with van der Waals surface area (Å²) in [5.41, 5.74) is 2.68. The zero-order valence-electron chi connectivity index (χ0n) is 18.2. The quantitative estimate of drug-likeness (QED) is 0.533. The summed E-state index contributed by atoms with van der Waals surface area (Å²) in [6.45, 7) is 5.30. The number of hydrogen-bond donors (Lipinski definition) is 0. The van der Waals surface area contributed by atoms with Crippen LogP contribution in [0.2, 0.25) is 0 Å². The maximum Gasteiger partial charge on any atom is 0.234 e. The monoisotopic (exact) mass is 419 g/mol. The minimum Gasteiger partial charge on any atom is -0.497 e. The van der Waals surface area contributed by atoms with Crippen molar-refractivity contribution in [2.75, 3.05) is 31.6 Å². The van der Waals surface area contributed by atoms with Crippen LogP contribution in [0.3, 0.4) is 0 Å². The van der Waals surface area contributed by atoms with Gasteiger partial charge in [0.15, 0.2) is 0 Å². The van der Waals surface area contributed by atoms with Crippen LogP contribution in [0.15, 0.2) is 65.2 Å². The van der Waals surface area contributed by atoms with E-state index in [1.807, 2.05) is 67.6 Å². The van der Waals surface area contributed by atoms with Crippen molar-refractivity contribution in [2.24, 2.45) is 5.92 Å². The molecule has 6 nitrogen and oxygen atoms in total. The molecule has 2 heterocycles. The highest BCUT2D eigenvalue weighted by Crippen LogP contribution is 2.27. The molecule has 0 saturated carbocycles. The minimum atomic E-state index is -0.137. The van der Waals surface area contributed by atoms with Crippen LogP contribution in [0.4, 0.5) is 5.88 Å². The smallest absolute Gasteiger partial charge is 0.234 e. The number of aromatic nitrogens is 1. The van der Waals surface area contributed by atoms with Gasteiger partial charge in [-0.2, -0.15) is 0 Å². The molecular weight excluding hydrogens is 390 g/mol. The van der Waals surface area contributed by atoms with Gasteiger partial charge in [0.1, 0.15) is 11.4 Å². The van der Waals surface area contributed by atoms with E-state index in [4.69, 9.17) is 9.26 Å². The normalized spacial score (nSPS) is 15.0. The third-order valence-electron chi connectivity index (χ3n) is 5.75. The van der Waals surface area contributed by atoms with Crippen LogP contribution in [-0.4, -0.2) is 42.7 Å². The lowest BCUT2D eigenvalue weighted by Gasteiger charge is -2.26. The Morgan fingerprint density at radius 2 is 1.84 bits per heavy atom. The summed E-state index contributed by atoms with van der Waals surface area (Å²) in [6, 6.07) is 19.4. The van der Waals surface area contributed by atoms with E-state index in [-0.39, 0.29) is 11.8 Å². The molecule has 31 heavy (non-hydrogen) atoms. The van der Waals surface area contributed by atoms with Gasteiger partial charge in [0.05, 0.1) is 13.7 Å². The molecular formula is C25H29N3O3. The number of rotatable bonds is 8. The zero-order valence-corrected chi connectivity index (χ0v) is 18.2. The Labute approximate surface area is 183 Å². The van der Waals surface area contributed by atoms with E-state index in [9.17, 15) is 4.79 Å². The molecule has 0 radical (unpaired) electrons. The first kappa shape index (κ1) is 21.1. The minimum absolute atomic E-state index is 0.0403. The molecule has 162 valence electrons. The zero-order chi connectivity index (χ0) is 21.6. The molecule has 1 fully saturated rings. The second-order valence-electron chi connectivity index (χ2n) is 8.10. The van der Waals surface area contributed by atoms with Gasteiger partial charge in [-0.3, -0.25) is 9.69 Å². The van der Waals surface area contributed by atoms with Crippen molar-refractivity contribution in [1.29, 1.82) is 0 Å². The van der Waals surface area contributed by atoms with Crippen LogP contribution in [-0.2, 0) is 11.3 Å². The van der Waals surface area contributed by atoms with Crippen molar-refractivity contribution in [2.45, 2.75) is 26.3 Å². The summed E-state index contributed by atoms with van der Waals surface area (Å²) in [7, 11) is 1.64. The maximum atomic E-state index is 13.5. The average molecular weight is 420 g/mol. The Kier molecular flexibility index (Phi) is 6.67. The summed E-state index contributed by atoms with van der Waals surface area (Å²) < 4.78 is 10.9. The van der Waals surface area contributed by atoms with Gasteiger partial charge in [0, 0.05) is 24.1 Å². The van der Waals surface area contributed by atoms with Gasteiger partial charge in [-0.15, -0.1) is 0 Å². The fourth-order valence-electron chi connectivity index (χ4n) is 4.01. The fourth-order valence-corrected chi connectivity index (χ4v) is 4.01. The van der Waals surface area contributed by atoms with Crippen molar-refractivity contribution in [3.63, 3.8) is 0 Å². The van der Waals surface area contributed by atoms with Gasteiger partial charge < -0.3 is 14.2 Å². The van der Waals surface area contributed by atoms with Gasteiger partial charge >= 0.3 is 0 Å². The van der Waals surface area contributed by atoms with Crippen molar-refractivity contribution >= 4 is 11.8 Å². The lowest BCUT2D eigenvalue weighted by Crippen LogP contribution is -2.39. The average Bonchev–Trinajstić information content (AvgIpc) is 3.50. The molecule has 0 spiro atoms. The van der Waals surface area contributed by atoms with E-state index in [1.54, 1.807) is 12.0 Å². The van der Waals surface area contributed by atoms with Gasteiger partial charge in [0.25, 0.3) is 0 Å². The number of nitrogens with zero attached hydrogens (tertiary/aromatic N) is 3. The van der Waals surface area contributed by atoms with E-state index >= 15 is 0 Å². The highest BCUT2D eigenvalue weighted by Gasteiger charge is 2.28. The SMILES string of the molecule is COc1ccc(CN(C(=O)C(C)CN2CCCC2)c2cc(-c3ccccc3)no2)cc1. The first-order chi connectivity index (χ1) is 15.1. The van der Waals surface area contributed by atoms with Crippen LogP contribution >= 0.6 is 0 Å². The molecule has 0 aliphatic carbocycles. The molecule has 1 unspecified atom stereocenters. The summed E-state index contributed by atoms with van der Waals surface area (Å²) >= 11 is 0. The van der Waals surface area contributed by atoms with Gasteiger partial charge in [-0.1, -0.05) is 54.5 Å². The molecule has 6 heteroatoms. The number of likely N-dealkylation sites (tertiary alicyclic amines) is 1. The Balaban J connectivity index is 1.58. The van der Waals surface area contributed by atoms with Crippen LogP contribution in [0.25, 0.3) is 11.3 Å².